The molecule has 4 rings (SSSR count). The van der Waals surface area contributed by atoms with Crippen LogP contribution in [0.15, 0.2) is 34.6 Å². The monoisotopic (exact) mass is 449 g/mol. The van der Waals surface area contributed by atoms with Gasteiger partial charge in [0, 0.05) is 18.2 Å². The predicted molar refractivity (Wildman–Crippen MR) is 131 cm³/mol. The molecule has 0 amide bonds. The van der Waals surface area contributed by atoms with Gasteiger partial charge in [0.2, 0.25) is 0 Å². The Kier molecular flexibility index (Phi) is 6.37. The van der Waals surface area contributed by atoms with Gasteiger partial charge in [-0.3, -0.25) is 4.79 Å². The number of hydrogen-bond acceptors (Lipinski definition) is 3. The van der Waals surface area contributed by atoms with Crippen molar-refractivity contribution in [1.29, 1.82) is 0 Å². The number of pyridine rings is 1. The van der Waals surface area contributed by atoms with E-state index in [-0.39, 0.29) is 5.56 Å². The second kappa shape index (κ2) is 8.94. The fraction of sp³-hybridized carbons (Fsp3) is 0.500. The normalized spacial score (nSPS) is 18.3. The molecule has 2 aromatic rings. The van der Waals surface area contributed by atoms with Crippen molar-refractivity contribution in [3.05, 3.63) is 62.6 Å². The van der Waals surface area contributed by atoms with Crippen molar-refractivity contribution < 1.29 is 14.6 Å². The number of hydrogen-bond donors (Lipinski definition) is 1. The molecule has 5 heteroatoms. The van der Waals surface area contributed by atoms with E-state index in [4.69, 9.17) is 4.74 Å². The first-order chi connectivity index (χ1) is 15.7. The number of allylic oxidation sites excluding steroid dienone is 2. The van der Waals surface area contributed by atoms with Crippen LogP contribution in [0.3, 0.4) is 0 Å². The van der Waals surface area contributed by atoms with Gasteiger partial charge in [-0.1, -0.05) is 36.8 Å². The molecule has 1 aromatic heterocycles. The van der Waals surface area contributed by atoms with E-state index in [1.807, 2.05) is 13.8 Å². The molecule has 0 spiro atoms. The van der Waals surface area contributed by atoms with Crippen molar-refractivity contribution in [2.24, 2.45) is 7.05 Å². The van der Waals surface area contributed by atoms with Crippen LogP contribution in [0, 0.1) is 6.92 Å². The Morgan fingerprint density at radius 2 is 1.76 bits per heavy atom. The third-order valence-corrected chi connectivity index (χ3v) is 7.39. The minimum absolute atomic E-state index is 0.157. The van der Waals surface area contributed by atoms with Gasteiger partial charge in [0.25, 0.3) is 5.56 Å². The van der Waals surface area contributed by atoms with E-state index in [0.29, 0.717) is 11.3 Å². The molecule has 1 fully saturated rings. The lowest BCUT2D eigenvalue weighted by atomic mass is 9.81. The highest BCUT2D eigenvalue weighted by molar-refractivity contribution is 5.88. The van der Waals surface area contributed by atoms with Crippen molar-refractivity contribution in [2.75, 3.05) is 0 Å². The molecule has 0 bridgehead atoms. The summed E-state index contributed by atoms with van der Waals surface area (Å²) in [6, 6.07) is 8.29. The fourth-order valence-corrected chi connectivity index (χ4v) is 5.03. The molecular weight excluding hydrogens is 414 g/mol. The maximum absolute atomic E-state index is 13.4. The highest BCUT2D eigenvalue weighted by atomic mass is 16.5. The summed E-state index contributed by atoms with van der Waals surface area (Å²) >= 11 is 0. The van der Waals surface area contributed by atoms with Crippen LogP contribution in [0.25, 0.3) is 16.7 Å². The lowest BCUT2D eigenvalue weighted by Crippen LogP contribution is -2.32. The molecule has 2 aliphatic rings. The van der Waals surface area contributed by atoms with Crippen LogP contribution in [0.5, 0.6) is 0 Å². The lowest BCUT2D eigenvalue weighted by molar-refractivity contribution is -0.156. The van der Waals surface area contributed by atoms with Crippen LogP contribution in [-0.2, 0) is 23.0 Å². The number of rotatable bonds is 7. The summed E-state index contributed by atoms with van der Waals surface area (Å²) in [5.41, 5.74) is 6.86. The first kappa shape index (κ1) is 23.5. The quantitative estimate of drug-likeness (QED) is 0.566. The first-order valence-electron chi connectivity index (χ1n) is 12.1. The minimum Gasteiger partial charge on any atom is -0.479 e. The second-order valence-corrected chi connectivity index (χ2v) is 9.93. The van der Waals surface area contributed by atoms with Gasteiger partial charge in [0.1, 0.15) is 0 Å². The van der Waals surface area contributed by atoms with Crippen molar-refractivity contribution in [3.8, 4) is 11.1 Å². The van der Waals surface area contributed by atoms with Crippen LogP contribution in [0.1, 0.15) is 87.8 Å². The molecule has 0 radical (unpaired) electrons. The van der Waals surface area contributed by atoms with Crippen LogP contribution in [0.4, 0.5) is 0 Å². The van der Waals surface area contributed by atoms with Crippen molar-refractivity contribution in [2.45, 2.75) is 84.3 Å². The van der Waals surface area contributed by atoms with Crippen LogP contribution in [0.2, 0.25) is 0 Å². The van der Waals surface area contributed by atoms with Gasteiger partial charge in [0.15, 0.2) is 6.10 Å². The molecule has 176 valence electrons. The zero-order valence-corrected chi connectivity index (χ0v) is 20.5. The van der Waals surface area contributed by atoms with E-state index in [9.17, 15) is 14.7 Å². The van der Waals surface area contributed by atoms with E-state index >= 15 is 0 Å². The van der Waals surface area contributed by atoms with Gasteiger partial charge in [-0.05, 0) is 88.0 Å². The molecule has 5 nitrogen and oxygen atoms in total. The molecule has 1 N–H and O–H groups in total. The SMILES string of the molecule is CCc1ccc(-c2c(C3=C(C)CCCC3)c(C)c(=O)n(C)c2C(OC2(C)CC2)C(=O)O)cc1. The standard InChI is InChI=1S/C28H35NO4/c1-6-19-11-13-20(14-12-19)23-22(21-10-8-7-9-17(21)2)18(3)26(30)29(5)24(23)25(27(31)32)33-28(4)15-16-28/h11-14,25H,6-10,15-16H2,1-5H3,(H,31,32). The molecular formula is C28H35NO4. The molecule has 1 saturated carbocycles. The number of carbonyl (C=O) groups is 1. The third kappa shape index (κ3) is 4.43. The Morgan fingerprint density at radius 3 is 2.30 bits per heavy atom. The Hall–Kier alpha value is -2.66. The molecule has 0 saturated heterocycles. The number of aryl methyl sites for hydroxylation is 1. The third-order valence-electron chi connectivity index (χ3n) is 7.39. The maximum Gasteiger partial charge on any atom is 0.339 e. The van der Waals surface area contributed by atoms with Crippen molar-refractivity contribution in [3.63, 3.8) is 0 Å². The summed E-state index contributed by atoms with van der Waals surface area (Å²) < 4.78 is 7.68. The zero-order chi connectivity index (χ0) is 23.9. The number of aliphatic carboxylic acids is 1. The number of carboxylic acid groups (broad SMARTS) is 1. The zero-order valence-electron chi connectivity index (χ0n) is 20.5. The number of ether oxygens (including phenoxy) is 1. The van der Waals surface area contributed by atoms with Gasteiger partial charge < -0.3 is 14.4 Å². The summed E-state index contributed by atoms with van der Waals surface area (Å²) in [6.45, 7) is 8.08. The van der Waals surface area contributed by atoms with E-state index in [0.717, 1.165) is 61.6 Å². The van der Waals surface area contributed by atoms with Gasteiger partial charge in [-0.25, -0.2) is 4.79 Å². The van der Waals surface area contributed by atoms with E-state index in [1.165, 1.54) is 21.3 Å². The Labute approximate surface area is 196 Å². The second-order valence-electron chi connectivity index (χ2n) is 9.93. The minimum atomic E-state index is -1.21. The average Bonchev–Trinajstić information content (AvgIpc) is 3.54. The molecule has 1 aromatic carbocycles. The smallest absolute Gasteiger partial charge is 0.339 e. The summed E-state index contributed by atoms with van der Waals surface area (Å²) in [7, 11) is 1.68. The fourth-order valence-electron chi connectivity index (χ4n) is 5.03. The highest BCUT2D eigenvalue weighted by Gasteiger charge is 2.44. The van der Waals surface area contributed by atoms with E-state index in [2.05, 4.69) is 38.1 Å². The molecule has 1 heterocycles. The van der Waals surface area contributed by atoms with Crippen LogP contribution < -0.4 is 5.56 Å². The molecule has 33 heavy (non-hydrogen) atoms. The van der Waals surface area contributed by atoms with Gasteiger partial charge in [-0.15, -0.1) is 0 Å². The van der Waals surface area contributed by atoms with E-state index in [1.54, 1.807) is 7.05 Å². The van der Waals surface area contributed by atoms with Crippen molar-refractivity contribution in [1.82, 2.24) is 4.57 Å². The number of nitrogens with zero attached hydrogens (tertiary/aromatic N) is 1. The Morgan fingerprint density at radius 1 is 1.12 bits per heavy atom. The summed E-state index contributed by atoms with van der Waals surface area (Å²) in [5.74, 6) is -1.06. The summed E-state index contributed by atoms with van der Waals surface area (Å²) in [5, 5.41) is 10.3. The van der Waals surface area contributed by atoms with Gasteiger partial charge in [0.05, 0.1) is 11.3 Å². The largest absolute Gasteiger partial charge is 0.479 e. The molecule has 0 aliphatic heterocycles. The van der Waals surface area contributed by atoms with Crippen LogP contribution in [-0.4, -0.2) is 21.2 Å². The topological polar surface area (TPSA) is 68.5 Å². The lowest BCUT2D eigenvalue weighted by Gasteiger charge is -2.29. The molecule has 1 atom stereocenters. The Bertz CT molecular complexity index is 1170. The molecule has 1 unspecified atom stereocenters. The first-order valence-corrected chi connectivity index (χ1v) is 12.1. The summed E-state index contributed by atoms with van der Waals surface area (Å²) in [4.78, 5) is 26.0. The summed E-state index contributed by atoms with van der Waals surface area (Å²) in [6.07, 6.45) is 5.49. The highest BCUT2D eigenvalue weighted by Crippen LogP contribution is 2.46. The predicted octanol–water partition coefficient (Wildman–Crippen LogP) is 5.97. The molecule has 2 aliphatic carbocycles. The van der Waals surface area contributed by atoms with Gasteiger partial charge >= 0.3 is 5.97 Å². The van der Waals surface area contributed by atoms with Crippen LogP contribution >= 0.6 is 0 Å². The van der Waals surface area contributed by atoms with E-state index < -0.39 is 17.7 Å². The number of carboxylic acids is 1. The Balaban J connectivity index is 2.08. The number of aromatic nitrogens is 1. The van der Waals surface area contributed by atoms with Crippen molar-refractivity contribution >= 4 is 11.5 Å². The van der Waals surface area contributed by atoms with Gasteiger partial charge in [-0.2, -0.15) is 0 Å². The number of benzene rings is 1. The maximum atomic E-state index is 13.4. The average molecular weight is 450 g/mol.